The van der Waals surface area contributed by atoms with Gasteiger partial charge in [-0.3, -0.25) is 4.79 Å². The summed E-state index contributed by atoms with van der Waals surface area (Å²) >= 11 is 0. The topological polar surface area (TPSA) is 104 Å². The first-order valence-corrected chi connectivity index (χ1v) is 17.2. The molecule has 5 aliphatic rings. The Bertz CT molecular complexity index is 1110. The van der Waals surface area contributed by atoms with E-state index in [0.717, 1.165) is 37.9 Å². The quantitative estimate of drug-likeness (QED) is 0.331. The number of benzene rings is 1. The fraction of sp³-hybridized carbons (Fsp3) is 0.750. The lowest BCUT2D eigenvalue weighted by atomic mass is 9.43. The van der Waals surface area contributed by atoms with Crippen LogP contribution in [0.1, 0.15) is 107 Å². The van der Waals surface area contributed by atoms with Crippen molar-refractivity contribution in [1.29, 1.82) is 5.26 Å². The van der Waals surface area contributed by atoms with Crippen molar-refractivity contribution >= 4 is 19.1 Å². The van der Waals surface area contributed by atoms with Gasteiger partial charge >= 0.3 is 13.1 Å². The molecule has 2 bridgehead atoms. The molecule has 2 heterocycles. The molecule has 5 fully saturated rings. The molecule has 45 heavy (non-hydrogen) atoms. The van der Waals surface area contributed by atoms with Gasteiger partial charge in [0, 0.05) is 20.1 Å². The Morgan fingerprint density at radius 3 is 2.16 bits per heavy atom. The standard InChI is InChI=1S/C20H29BN2O3.C9H14N2O.C5H12.C2H6/c1-19(2)14-11-15(19)20(3)16(12-14)25-21(26-20)17(23-18(24)22-4)10-13-8-6-5-7-9-13;1-2-8(7-10)9(12)11-5-3-4-6-11;1-5(2,3)4;1-2/h5-9,14-17H,10-12H2,1-4H3,(H2,22,23,24);8H,2-6H2,1H3;1-4H3;1-2H3/t14?,15?,16-,17?,20+;;;/m1.../s1. The maximum Gasteiger partial charge on any atom is 0.482 e. The normalized spacial score (nSPS) is 26.8. The number of carbonyl (C=O) groups is 2. The molecule has 2 saturated heterocycles. The fourth-order valence-corrected chi connectivity index (χ4v) is 6.87. The van der Waals surface area contributed by atoms with Gasteiger partial charge in [-0.2, -0.15) is 5.26 Å². The lowest BCUT2D eigenvalue weighted by Crippen LogP contribution is -2.65. The van der Waals surface area contributed by atoms with Crippen LogP contribution in [0.5, 0.6) is 0 Å². The Kier molecular flexibility index (Phi) is 14.4. The van der Waals surface area contributed by atoms with Crippen LogP contribution in [0.2, 0.25) is 0 Å². The number of nitrogens with zero attached hydrogens (tertiary/aromatic N) is 2. The first kappa shape index (κ1) is 38.6. The van der Waals surface area contributed by atoms with Gasteiger partial charge in [-0.25, -0.2) is 4.79 Å². The smallest absolute Gasteiger partial charge is 0.404 e. The van der Waals surface area contributed by atoms with Crippen LogP contribution in [0.3, 0.4) is 0 Å². The molecule has 6 atom stereocenters. The summed E-state index contributed by atoms with van der Waals surface area (Å²) in [5.74, 6) is 0.620. The van der Waals surface area contributed by atoms with Crippen molar-refractivity contribution in [2.24, 2.45) is 28.6 Å². The Balaban J connectivity index is 0.000000309. The number of urea groups is 1. The van der Waals surface area contributed by atoms with E-state index in [4.69, 9.17) is 14.6 Å². The number of likely N-dealkylation sites (tertiary alicyclic amines) is 1. The number of carbonyl (C=O) groups excluding carboxylic acids is 2. The average Bonchev–Trinajstić information content (AvgIpc) is 3.66. The highest BCUT2D eigenvalue weighted by molar-refractivity contribution is 6.48. The van der Waals surface area contributed by atoms with Gasteiger partial charge in [-0.15, -0.1) is 0 Å². The van der Waals surface area contributed by atoms with Crippen LogP contribution < -0.4 is 10.6 Å². The van der Waals surface area contributed by atoms with Crippen LogP contribution in [-0.2, 0) is 20.5 Å². The van der Waals surface area contributed by atoms with Gasteiger partial charge in [0.15, 0.2) is 0 Å². The van der Waals surface area contributed by atoms with E-state index in [0.29, 0.717) is 35.5 Å². The summed E-state index contributed by atoms with van der Waals surface area (Å²) in [6.45, 7) is 23.2. The number of hydrogen-bond acceptors (Lipinski definition) is 5. The largest absolute Gasteiger partial charge is 0.482 e. The maximum atomic E-state index is 12.0. The van der Waals surface area contributed by atoms with E-state index in [1.807, 2.05) is 45.0 Å². The molecule has 3 saturated carbocycles. The van der Waals surface area contributed by atoms with E-state index in [2.05, 4.69) is 71.2 Å². The van der Waals surface area contributed by atoms with Crippen LogP contribution in [0.15, 0.2) is 30.3 Å². The van der Waals surface area contributed by atoms with Crippen molar-refractivity contribution in [3.8, 4) is 6.07 Å². The second-order valence-corrected chi connectivity index (χ2v) is 15.0. The SMILES string of the molecule is CC.CC(C)(C)C.CCC(C#N)C(=O)N1CCCC1.CNC(=O)NC(Cc1ccccc1)B1O[C@@H]2CC3CC(C3(C)C)[C@]2(C)O1. The molecule has 4 unspecified atom stereocenters. The first-order valence-electron chi connectivity index (χ1n) is 17.2. The van der Waals surface area contributed by atoms with E-state index in [9.17, 15) is 9.59 Å². The number of rotatable bonds is 6. The molecule has 9 heteroatoms. The summed E-state index contributed by atoms with van der Waals surface area (Å²) in [4.78, 5) is 25.3. The second kappa shape index (κ2) is 16.8. The van der Waals surface area contributed by atoms with Crippen molar-refractivity contribution in [2.75, 3.05) is 20.1 Å². The Morgan fingerprint density at radius 2 is 1.67 bits per heavy atom. The average molecular weight is 625 g/mol. The second-order valence-electron chi connectivity index (χ2n) is 15.0. The van der Waals surface area contributed by atoms with Crippen LogP contribution in [0.4, 0.5) is 4.79 Å². The van der Waals surface area contributed by atoms with Gasteiger partial charge in [-0.05, 0) is 73.7 Å². The van der Waals surface area contributed by atoms with E-state index in [1.54, 1.807) is 11.9 Å². The first-order chi connectivity index (χ1) is 21.1. The molecule has 0 aromatic heterocycles. The summed E-state index contributed by atoms with van der Waals surface area (Å²) in [6.07, 6.45) is 5.89. The molecule has 0 spiro atoms. The Labute approximate surface area is 274 Å². The zero-order valence-electron chi connectivity index (χ0n) is 30.0. The van der Waals surface area contributed by atoms with Crippen molar-refractivity contribution in [3.05, 3.63) is 35.9 Å². The number of hydrogen-bond donors (Lipinski definition) is 2. The van der Waals surface area contributed by atoms with Crippen molar-refractivity contribution in [3.63, 3.8) is 0 Å². The van der Waals surface area contributed by atoms with Gasteiger partial charge in [-0.1, -0.05) is 92.6 Å². The molecule has 3 aliphatic carbocycles. The number of nitriles is 1. The van der Waals surface area contributed by atoms with Gasteiger partial charge in [0.25, 0.3) is 0 Å². The highest BCUT2D eigenvalue weighted by Gasteiger charge is 2.68. The molecule has 0 radical (unpaired) electrons. The Morgan fingerprint density at radius 1 is 1.09 bits per heavy atom. The van der Waals surface area contributed by atoms with Crippen molar-refractivity contribution in [2.45, 2.75) is 125 Å². The molecule has 6 rings (SSSR count). The minimum absolute atomic E-state index is 0.0255. The fourth-order valence-electron chi connectivity index (χ4n) is 6.87. The van der Waals surface area contributed by atoms with Crippen LogP contribution in [0, 0.1) is 39.9 Å². The lowest BCUT2D eigenvalue weighted by Gasteiger charge is -2.64. The molecular weight excluding hydrogens is 563 g/mol. The molecule has 2 N–H and O–H groups in total. The molecular formula is C36H61BN4O4. The van der Waals surface area contributed by atoms with E-state index in [1.165, 1.54) is 6.42 Å². The highest BCUT2D eigenvalue weighted by Crippen LogP contribution is 2.65. The third-order valence-electron chi connectivity index (χ3n) is 9.42. The van der Waals surface area contributed by atoms with E-state index >= 15 is 0 Å². The third-order valence-corrected chi connectivity index (χ3v) is 9.42. The molecule has 1 aromatic rings. The molecule has 2 aliphatic heterocycles. The van der Waals surface area contributed by atoms with Gasteiger partial charge < -0.3 is 24.8 Å². The van der Waals surface area contributed by atoms with Gasteiger partial charge in [0.05, 0.1) is 23.7 Å². The van der Waals surface area contributed by atoms with Crippen LogP contribution in [0.25, 0.3) is 0 Å². The third kappa shape index (κ3) is 10.2. The molecule has 252 valence electrons. The van der Waals surface area contributed by atoms with Gasteiger partial charge in [0.1, 0.15) is 5.92 Å². The number of nitrogens with one attached hydrogen (secondary N) is 2. The van der Waals surface area contributed by atoms with E-state index < -0.39 is 13.0 Å². The maximum absolute atomic E-state index is 12.0. The predicted molar refractivity (Wildman–Crippen MR) is 183 cm³/mol. The molecule has 3 amide bonds. The van der Waals surface area contributed by atoms with Crippen LogP contribution >= 0.6 is 0 Å². The zero-order valence-corrected chi connectivity index (χ0v) is 30.0. The Hall–Kier alpha value is -2.57. The zero-order chi connectivity index (χ0) is 34.0. The summed E-state index contributed by atoms with van der Waals surface area (Å²) in [7, 11) is 1.21. The minimum Gasteiger partial charge on any atom is -0.404 e. The summed E-state index contributed by atoms with van der Waals surface area (Å²) in [5, 5.41) is 14.3. The van der Waals surface area contributed by atoms with E-state index in [-0.39, 0.29) is 29.6 Å². The minimum atomic E-state index is -0.419. The van der Waals surface area contributed by atoms with Gasteiger partial charge in [0.2, 0.25) is 5.91 Å². The predicted octanol–water partition coefficient (Wildman–Crippen LogP) is 7.03. The van der Waals surface area contributed by atoms with Crippen LogP contribution in [-0.4, -0.2) is 61.7 Å². The molecule has 8 nitrogen and oxygen atoms in total. The highest BCUT2D eigenvalue weighted by atomic mass is 16.7. The lowest BCUT2D eigenvalue weighted by molar-refractivity contribution is -0.199. The van der Waals surface area contributed by atoms with Crippen molar-refractivity contribution in [1.82, 2.24) is 15.5 Å². The summed E-state index contributed by atoms with van der Waals surface area (Å²) < 4.78 is 12.9. The molecule has 1 aromatic carbocycles. The number of amides is 3. The summed E-state index contributed by atoms with van der Waals surface area (Å²) in [6, 6.07) is 12.0. The summed E-state index contributed by atoms with van der Waals surface area (Å²) in [5.41, 5.74) is 1.71. The monoisotopic (exact) mass is 624 g/mol. The van der Waals surface area contributed by atoms with Crippen molar-refractivity contribution < 1.29 is 18.9 Å².